The lowest BCUT2D eigenvalue weighted by Crippen LogP contribution is -2.33. The Morgan fingerprint density at radius 2 is 1.97 bits per heavy atom. The van der Waals surface area contributed by atoms with Gasteiger partial charge in [-0.25, -0.2) is 0 Å². The maximum absolute atomic E-state index is 5.57. The smallest absolute Gasteiger partial charge is 0.171 e. The average Bonchev–Trinajstić information content (AvgIpc) is 2.73. The molecule has 1 fully saturated rings. The Hall–Kier alpha value is -2.53. The molecule has 2 aromatic carbocycles. The fourth-order valence-electron chi connectivity index (χ4n) is 3.51. The molecule has 5 heteroatoms. The van der Waals surface area contributed by atoms with Crippen LogP contribution in [0.1, 0.15) is 38.3 Å². The van der Waals surface area contributed by atoms with E-state index in [1.807, 2.05) is 24.3 Å². The summed E-state index contributed by atoms with van der Waals surface area (Å²) in [6.07, 6.45) is 4.28. The molecule has 2 N–H and O–H groups in total. The summed E-state index contributed by atoms with van der Waals surface area (Å²) >= 11 is 5.49. The Kier molecular flexibility index (Phi) is 7.53. The molecule has 0 aromatic heterocycles. The molecular formula is C24H31N3OS. The third kappa shape index (κ3) is 6.23. The van der Waals surface area contributed by atoms with E-state index in [0.29, 0.717) is 11.7 Å². The molecule has 29 heavy (non-hydrogen) atoms. The van der Waals surface area contributed by atoms with Gasteiger partial charge in [0.1, 0.15) is 12.4 Å². The molecule has 4 nitrogen and oxygen atoms in total. The van der Waals surface area contributed by atoms with Crippen molar-refractivity contribution in [3.63, 3.8) is 0 Å². The molecule has 2 aromatic rings. The minimum Gasteiger partial charge on any atom is -0.489 e. The van der Waals surface area contributed by atoms with E-state index in [-0.39, 0.29) is 6.04 Å². The van der Waals surface area contributed by atoms with Gasteiger partial charge in [0.15, 0.2) is 5.11 Å². The van der Waals surface area contributed by atoms with Crippen LogP contribution in [-0.2, 0) is 0 Å². The van der Waals surface area contributed by atoms with Crippen LogP contribution in [0.4, 0.5) is 11.4 Å². The fraction of sp³-hybridized carbons (Fsp3) is 0.375. The van der Waals surface area contributed by atoms with E-state index < -0.39 is 0 Å². The number of ether oxygens (including phenoxy) is 1. The summed E-state index contributed by atoms with van der Waals surface area (Å²) in [7, 11) is 0. The van der Waals surface area contributed by atoms with Crippen LogP contribution in [0.25, 0.3) is 0 Å². The van der Waals surface area contributed by atoms with E-state index in [4.69, 9.17) is 17.0 Å². The largest absolute Gasteiger partial charge is 0.489 e. The van der Waals surface area contributed by atoms with Gasteiger partial charge in [-0.05, 0) is 67.7 Å². The molecule has 0 amide bonds. The molecule has 0 bridgehead atoms. The number of anilines is 2. The van der Waals surface area contributed by atoms with Gasteiger partial charge in [-0.3, -0.25) is 0 Å². The first-order valence-corrected chi connectivity index (χ1v) is 10.7. The molecule has 0 spiro atoms. The van der Waals surface area contributed by atoms with Gasteiger partial charge in [0.2, 0.25) is 0 Å². The Balaban J connectivity index is 1.53. The van der Waals surface area contributed by atoms with Gasteiger partial charge < -0.3 is 20.3 Å². The molecule has 1 atom stereocenters. The van der Waals surface area contributed by atoms with Crippen LogP contribution in [0.3, 0.4) is 0 Å². The summed E-state index contributed by atoms with van der Waals surface area (Å²) < 4.78 is 5.57. The predicted octanol–water partition coefficient (Wildman–Crippen LogP) is 5.54. The van der Waals surface area contributed by atoms with Crippen molar-refractivity contribution in [1.29, 1.82) is 0 Å². The minimum absolute atomic E-state index is 0.116. The van der Waals surface area contributed by atoms with Gasteiger partial charge >= 0.3 is 0 Å². The molecule has 0 aliphatic carbocycles. The highest BCUT2D eigenvalue weighted by Gasteiger charge is 2.16. The first kappa shape index (κ1) is 21.2. The molecule has 0 saturated carbocycles. The topological polar surface area (TPSA) is 36.5 Å². The summed E-state index contributed by atoms with van der Waals surface area (Å²) in [5.41, 5.74) is 3.42. The van der Waals surface area contributed by atoms with Crippen molar-refractivity contribution in [2.75, 3.05) is 29.9 Å². The number of rotatable bonds is 7. The summed E-state index contributed by atoms with van der Waals surface area (Å²) in [5, 5.41) is 7.18. The van der Waals surface area contributed by atoms with E-state index in [1.54, 1.807) is 6.08 Å². The first-order chi connectivity index (χ1) is 14.0. The van der Waals surface area contributed by atoms with E-state index in [1.165, 1.54) is 24.1 Å². The number of piperidine rings is 1. The van der Waals surface area contributed by atoms with E-state index in [2.05, 4.69) is 60.2 Å². The third-order valence-corrected chi connectivity index (χ3v) is 5.57. The van der Waals surface area contributed by atoms with Gasteiger partial charge in [-0.15, -0.1) is 0 Å². The van der Waals surface area contributed by atoms with Gasteiger partial charge in [-0.2, -0.15) is 0 Å². The molecule has 1 heterocycles. The lowest BCUT2D eigenvalue weighted by molar-refractivity contribution is 0.363. The van der Waals surface area contributed by atoms with Crippen LogP contribution in [0.2, 0.25) is 0 Å². The highest BCUT2D eigenvalue weighted by atomic mass is 32.1. The highest BCUT2D eigenvalue weighted by molar-refractivity contribution is 7.80. The van der Waals surface area contributed by atoms with E-state index in [9.17, 15) is 0 Å². The maximum atomic E-state index is 5.57. The zero-order chi connectivity index (χ0) is 20.6. The lowest BCUT2D eigenvalue weighted by atomic mass is 9.98. The number of benzene rings is 2. The number of hydrogen-bond donors (Lipinski definition) is 2. The molecule has 1 saturated heterocycles. The van der Waals surface area contributed by atoms with E-state index >= 15 is 0 Å². The summed E-state index contributed by atoms with van der Waals surface area (Å²) in [4.78, 5) is 2.48. The van der Waals surface area contributed by atoms with Gasteiger partial charge in [0.05, 0.1) is 6.04 Å². The summed E-state index contributed by atoms with van der Waals surface area (Å²) in [5.74, 6) is 1.63. The molecule has 0 radical (unpaired) electrons. The van der Waals surface area contributed by atoms with Crippen LogP contribution in [-0.4, -0.2) is 24.8 Å². The average molecular weight is 410 g/mol. The number of hydrogen-bond acceptors (Lipinski definition) is 3. The second kappa shape index (κ2) is 10.3. The van der Waals surface area contributed by atoms with E-state index in [0.717, 1.165) is 30.4 Å². The Bertz CT molecular complexity index is 813. The van der Waals surface area contributed by atoms with Crippen molar-refractivity contribution in [3.8, 4) is 5.75 Å². The lowest BCUT2D eigenvalue weighted by Gasteiger charge is -2.32. The fourth-order valence-corrected chi connectivity index (χ4v) is 3.80. The van der Waals surface area contributed by atoms with Crippen LogP contribution in [0.15, 0.2) is 61.2 Å². The standard InChI is InChI=1S/C24H31N3OS/c1-4-16-28-23-7-5-6-21(17-23)26-24(29)25-19(3)20-8-10-22(11-9-20)27-14-12-18(2)13-15-27/h4-11,17-19H,1,12-16H2,2-3H3,(H2,25,26,29)/t19-/m0/s1. The van der Waals surface area contributed by atoms with Crippen LogP contribution in [0, 0.1) is 5.92 Å². The number of thiocarbonyl (C=S) groups is 1. The summed E-state index contributed by atoms with van der Waals surface area (Å²) in [6.45, 7) is 10.9. The monoisotopic (exact) mass is 409 g/mol. The quantitative estimate of drug-likeness (QED) is 0.464. The van der Waals surface area contributed by atoms with Crippen molar-refractivity contribution >= 4 is 28.7 Å². The first-order valence-electron chi connectivity index (χ1n) is 10.3. The molecule has 0 unspecified atom stereocenters. The van der Waals surface area contributed by atoms with Crippen molar-refractivity contribution in [1.82, 2.24) is 5.32 Å². The molecule has 154 valence electrons. The van der Waals surface area contributed by atoms with Gasteiger partial charge in [0, 0.05) is 30.5 Å². The van der Waals surface area contributed by atoms with Crippen LogP contribution in [0.5, 0.6) is 5.75 Å². The third-order valence-electron chi connectivity index (χ3n) is 5.35. The SMILES string of the molecule is C=CCOc1cccc(NC(=S)N[C@@H](C)c2ccc(N3CCC(C)CC3)cc2)c1. The molecule has 1 aliphatic rings. The van der Waals surface area contributed by atoms with Gasteiger partial charge in [0.25, 0.3) is 0 Å². The highest BCUT2D eigenvalue weighted by Crippen LogP contribution is 2.25. The Labute approximate surface area is 180 Å². The van der Waals surface area contributed by atoms with Crippen molar-refractivity contribution in [2.45, 2.75) is 32.7 Å². The predicted molar refractivity (Wildman–Crippen MR) is 127 cm³/mol. The molecular weight excluding hydrogens is 378 g/mol. The maximum Gasteiger partial charge on any atom is 0.171 e. The van der Waals surface area contributed by atoms with Crippen LogP contribution >= 0.6 is 12.2 Å². The normalized spacial score (nSPS) is 15.4. The van der Waals surface area contributed by atoms with Crippen molar-refractivity contribution in [3.05, 3.63) is 66.7 Å². The van der Waals surface area contributed by atoms with Gasteiger partial charge in [-0.1, -0.05) is 37.8 Å². The molecule has 3 rings (SSSR count). The Morgan fingerprint density at radius 1 is 1.24 bits per heavy atom. The van der Waals surface area contributed by atoms with Crippen molar-refractivity contribution < 1.29 is 4.74 Å². The zero-order valence-electron chi connectivity index (χ0n) is 17.4. The molecule has 1 aliphatic heterocycles. The van der Waals surface area contributed by atoms with Crippen LogP contribution < -0.4 is 20.3 Å². The van der Waals surface area contributed by atoms with Crippen molar-refractivity contribution in [2.24, 2.45) is 5.92 Å². The minimum atomic E-state index is 0.116. The second-order valence-electron chi connectivity index (χ2n) is 7.71. The second-order valence-corrected chi connectivity index (χ2v) is 8.12. The number of nitrogens with zero attached hydrogens (tertiary/aromatic N) is 1. The zero-order valence-corrected chi connectivity index (χ0v) is 18.2. The summed E-state index contributed by atoms with van der Waals surface area (Å²) in [6, 6.07) is 16.7. The Morgan fingerprint density at radius 3 is 2.66 bits per heavy atom. The number of nitrogens with one attached hydrogen (secondary N) is 2.